The summed E-state index contributed by atoms with van der Waals surface area (Å²) in [5, 5.41) is 7.87. The predicted octanol–water partition coefficient (Wildman–Crippen LogP) is 2.81. The first-order valence-electron chi connectivity index (χ1n) is 9.65. The van der Waals surface area contributed by atoms with Gasteiger partial charge in [-0.25, -0.2) is 4.79 Å². The zero-order valence-electron chi connectivity index (χ0n) is 16.7. The highest BCUT2D eigenvalue weighted by molar-refractivity contribution is 5.92. The molecule has 1 aromatic carbocycles. The highest BCUT2D eigenvalue weighted by Crippen LogP contribution is 2.21. The van der Waals surface area contributed by atoms with Crippen LogP contribution in [0.1, 0.15) is 11.6 Å². The number of hydrogen-bond acceptors (Lipinski definition) is 6. The number of pyridine rings is 1. The summed E-state index contributed by atoms with van der Waals surface area (Å²) in [5.41, 5.74) is 2.40. The number of nitrogens with zero attached hydrogens (tertiary/aromatic N) is 6. The van der Waals surface area contributed by atoms with Gasteiger partial charge in [-0.1, -0.05) is 18.2 Å². The molecule has 150 valence electrons. The van der Waals surface area contributed by atoms with E-state index < -0.39 is 0 Å². The van der Waals surface area contributed by atoms with Gasteiger partial charge in [-0.15, -0.1) is 10.2 Å². The van der Waals surface area contributed by atoms with Crippen molar-refractivity contribution in [2.45, 2.75) is 13.5 Å². The second-order valence-corrected chi connectivity index (χ2v) is 7.16. The molecule has 0 N–H and O–H groups in total. The SMILES string of the molecule is Cc1nnc(-c2ccc(CN(C(=O)N3CCN(C)CC3)c3ccccc3)nc2)o1. The first-order chi connectivity index (χ1) is 14.1. The van der Waals surface area contributed by atoms with Crippen LogP contribution in [0.3, 0.4) is 0 Å². The van der Waals surface area contributed by atoms with Crippen molar-refractivity contribution >= 4 is 11.7 Å². The van der Waals surface area contributed by atoms with Crippen molar-refractivity contribution in [2.75, 3.05) is 38.1 Å². The molecule has 8 nitrogen and oxygen atoms in total. The zero-order chi connectivity index (χ0) is 20.2. The summed E-state index contributed by atoms with van der Waals surface area (Å²) < 4.78 is 5.45. The molecule has 0 bridgehead atoms. The maximum absolute atomic E-state index is 13.3. The number of likely N-dealkylation sites (N-methyl/N-ethyl adjacent to an activating group) is 1. The minimum Gasteiger partial charge on any atom is -0.421 e. The second-order valence-electron chi connectivity index (χ2n) is 7.16. The summed E-state index contributed by atoms with van der Waals surface area (Å²) in [5.74, 6) is 0.951. The number of anilines is 1. The summed E-state index contributed by atoms with van der Waals surface area (Å²) in [4.78, 5) is 23.7. The van der Waals surface area contributed by atoms with Gasteiger partial charge in [0.25, 0.3) is 0 Å². The lowest BCUT2D eigenvalue weighted by molar-refractivity contribution is 0.159. The Labute approximate surface area is 169 Å². The lowest BCUT2D eigenvalue weighted by Gasteiger charge is -2.36. The number of piperazine rings is 1. The lowest BCUT2D eigenvalue weighted by Crippen LogP contribution is -2.52. The van der Waals surface area contributed by atoms with Crippen LogP contribution in [0.5, 0.6) is 0 Å². The summed E-state index contributed by atoms with van der Waals surface area (Å²) in [6, 6.07) is 13.5. The van der Waals surface area contributed by atoms with Crippen LogP contribution in [-0.4, -0.2) is 64.2 Å². The molecule has 1 saturated heterocycles. The number of urea groups is 1. The number of benzene rings is 1. The number of carbonyl (C=O) groups is 1. The van der Waals surface area contributed by atoms with Crippen LogP contribution in [-0.2, 0) is 6.54 Å². The van der Waals surface area contributed by atoms with Crippen LogP contribution in [0.2, 0.25) is 0 Å². The highest BCUT2D eigenvalue weighted by atomic mass is 16.4. The molecule has 1 aliphatic rings. The fraction of sp³-hybridized carbons (Fsp3) is 0.333. The first-order valence-corrected chi connectivity index (χ1v) is 9.65. The molecule has 0 radical (unpaired) electrons. The lowest BCUT2D eigenvalue weighted by atomic mass is 10.2. The summed E-state index contributed by atoms with van der Waals surface area (Å²) >= 11 is 0. The average Bonchev–Trinajstić information content (AvgIpc) is 3.19. The molecule has 2 amide bonds. The molecule has 0 saturated carbocycles. The van der Waals surface area contributed by atoms with Crippen molar-refractivity contribution in [3.05, 3.63) is 60.2 Å². The summed E-state index contributed by atoms with van der Waals surface area (Å²) in [6.07, 6.45) is 1.70. The van der Waals surface area contributed by atoms with E-state index in [1.54, 1.807) is 18.0 Å². The molecular formula is C21H24N6O2. The Kier molecular flexibility index (Phi) is 5.53. The molecule has 1 aliphatic heterocycles. The Morgan fingerprint density at radius 3 is 2.45 bits per heavy atom. The van der Waals surface area contributed by atoms with Gasteiger partial charge >= 0.3 is 6.03 Å². The van der Waals surface area contributed by atoms with Gasteiger partial charge in [-0.05, 0) is 31.3 Å². The van der Waals surface area contributed by atoms with Crippen LogP contribution in [0.4, 0.5) is 10.5 Å². The molecule has 0 atom stereocenters. The third-order valence-electron chi connectivity index (χ3n) is 4.99. The van der Waals surface area contributed by atoms with Crippen LogP contribution in [0.25, 0.3) is 11.5 Å². The van der Waals surface area contributed by atoms with Crippen molar-refractivity contribution in [1.82, 2.24) is 25.0 Å². The Hall–Kier alpha value is -3.26. The van der Waals surface area contributed by atoms with Gasteiger partial charge in [0.2, 0.25) is 11.8 Å². The number of rotatable bonds is 4. The number of para-hydroxylation sites is 1. The smallest absolute Gasteiger partial charge is 0.324 e. The second kappa shape index (κ2) is 8.40. The van der Waals surface area contributed by atoms with E-state index in [0.29, 0.717) is 18.3 Å². The molecule has 1 fully saturated rings. The summed E-state index contributed by atoms with van der Waals surface area (Å²) in [6.45, 7) is 5.34. The van der Waals surface area contributed by atoms with Gasteiger partial charge < -0.3 is 14.2 Å². The van der Waals surface area contributed by atoms with E-state index >= 15 is 0 Å². The molecule has 2 aromatic heterocycles. The van der Waals surface area contributed by atoms with E-state index in [2.05, 4.69) is 27.1 Å². The Morgan fingerprint density at radius 1 is 1.07 bits per heavy atom. The third kappa shape index (κ3) is 4.43. The molecule has 0 aliphatic carbocycles. The van der Waals surface area contributed by atoms with Gasteiger partial charge in [0.15, 0.2) is 0 Å². The van der Waals surface area contributed by atoms with E-state index in [4.69, 9.17) is 4.42 Å². The van der Waals surface area contributed by atoms with Crippen molar-refractivity contribution in [1.29, 1.82) is 0 Å². The van der Waals surface area contributed by atoms with Crippen molar-refractivity contribution in [3.63, 3.8) is 0 Å². The van der Waals surface area contributed by atoms with E-state index in [1.807, 2.05) is 47.4 Å². The molecule has 29 heavy (non-hydrogen) atoms. The van der Waals surface area contributed by atoms with Crippen molar-refractivity contribution in [3.8, 4) is 11.5 Å². The monoisotopic (exact) mass is 392 g/mol. The summed E-state index contributed by atoms with van der Waals surface area (Å²) in [7, 11) is 2.08. The van der Waals surface area contributed by atoms with Gasteiger partial charge in [0.1, 0.15) is 0 Å². The molecule has 3 aromatic rings. The molecule has 0 spiro atoms. The fourth-order valence-electron chi connectivity index (χ4n) is 3.27. The van der Waals surface area contributed by atoms with Crippen molar-refractivity contribution < 1.29 is 9.21 Å². The minimum absolute atomic E-state index is 0.00250. The molecule has 0 unspecified atom stereocenters. The highest BCUT2D eigenvalue weighted by Gasteiger charge is 2.25. The number of amides is 2. The van der Waals surface area contributed by atoms with E-state index in [-0.39, 0.29) is 6.03 Å². The number of aromatic nitrogens is 3. The largest absolute Gasteiger partial charge is 0.421 e. The zero-order valence-corrected chi connectivity index (χ0v) is 16.7. The molecule has 3 heterocycles. The average molecular weight is 392 g/mol. The van der Waals surface area contributed by atoms with Gasteiger partial charge in [-0.2, -0.15) is 0 Å². The molecule has 4 rings (SSSR count). The van der Waals surface area contributed by atoms with Crippen LogP contribution < -0.4 is 4.90 Å². The Morgan fingerprint density at radius 2 is 1.83 bits per heavy atom. The van der Waals surface area contributed by atoms with E-state index in [1.165, 1.54) is 0 Å². The van der Waals surface area contributed by atoms with Gasteiger partial charge in [0.05, 0.1) is 17.8 Å². The first kappa shape index (κ1) is 19.1. The van der Waals surface area contributed by atoms with E-state index in [9.17, 15) is 4.79 Å². The topological polar surface area (TPSA) is 78.6 Å². The maximum Gasteiger partial charge on any atom is 0.324 e. The quantitative estimate of drug-likeness (QED) is 0.679. The number of carbonyl (C=O) groups excluding carboxylic acids is 1. The van der Waals surface area contributed by atoms with Crippen LogP contribution in [0, 0.1) is 6.92 Å². The fourth-order valence-corrected chi connectivity index (χ4v) is 3.27. The molecular weight excluding hydrogens is 368 g/mol. The number of hydrogen-bond donors (Lipinski definition) is 0. The van der Waals surface area contributed by atoms with Gasteiger partial charge in [0, 0.05) is 45.0 Å². The standard InChI is InChI=1S/C21H24N6O2/c1-16-23-24-20(29-16)17-8-9-18(22-14-17)15-27(19-6-4-3-5-7-19)21(28)26-12-10-25(2)11-13-26/h3-9,14H,10-13,15H2,1-2H3. The Bertz CT molecular complexity index is 949. The Balaban J connectivity index is 1.54. The predicted molar refractivity (Wildman–Crippen MR) is 109 cm³/mol. The number of aryl methyl sites for hydroxylation is 1. The van der Waals surface area contributed by atoms with Crippen LogP contribution in [0.15, 0.2) is 53.1 Å². The van der Waals surface area contributed by atoms with Crippen molar-refractivity contribution in [2.24, 2.45) is 0 Å². The normalized spacial score (nSPS) is 14.8. The van der Waals surface area contributed by atoms with Gasteiger partial charge in [-0.3, -0.25) is 9.88 Å². The maximum atomic E-state index is 13.3. The van der Waals surface area contributed by atoms with Crippen LogP contribution >= 0.6 is 0 Å². The molecule has 8 heteroatoms. The minimum atomic E-state index is 0.00250. The van der Waals surface area contributed by atoms with E-state index in [0.717, 1.165) is 43.1 Å². The third-order valence-corrected chi connectivity index (χ3v) is 4.99.